The van der Waals surface area contributed by atoms with E-state index in [0.29, 0.717) is 18.4 Å². The predicted octanol–water partition coefficient (Wildman–Crippen LogP) is 5.50. The largest absolute Gasteiger partial charge is 0.508 e. The van der Waals surface area contributed by atoms with Gasteiger partial charge < -0.3 is 29.8 Å². The molecule has 1 aliphatic carbocycles. The third kappa shape index (κ3) is 10.9. The highest BCUT2D eigenvalue weighted by Crippen LogP contribution is 2.36. The number of benzene rings is 1. The number of carboxylic acids is 1. The number of carbonyl (C=O) groups excluding carboxylic acids is 3. The summed E-state index contributed by atoms with van der Waals surface area (Å²) in [6, 6.07) is 3.17. The maximum absolute atomic E-state index is 12.4. The molecule has 3 N–H and O–H groups in total. The van der Waals surface area contributed by atoms with Crippen molar-refractivity contribution in [1.82, 2.24) is 0 Å². The Labute approximate surface area is 230 Å². The van der Waals surface area contributed by atoms with Gasteiger partial charge in [-0.05, 0) is 62.1 Å². The minimum absolute atomic E-state index is 0.00543. The quantitative estimate of drug-likeness (QED) is 0.212. The van der Waals surface area contributed by atoms with E-state index in [9.17, 15) is 24.3 Å². The van der Waals surface area contributed by atoms with Gasteiger partial charge in [0.05, 0.1) is 6.61 Å². The van der Waals surface area contributed by atoms with Crippen LogP contribution in [-0.4, -0.2) is 47.9 Å². The van der Waals surface area contributed by atoms with Crippen LogP contribution < -0.4 is 15.2 Å². The zero-order chi connectivity index (χ0) is 28.8. The number of rotatable bonds is 15. The molecule has 0 amide bonds. The molecule has 0 aromatic heterocycles. The predicted molar refractivity (Wildman–Crippen MR) is 144 cm³/mol. The monoisotopic (exact) mass is 549 g/mol. The summed E-state index contributed by atoms with van der Waals surface area (Å²) in [5.41, 5.74) is 6.51. The first-order valence-corrected chi connectivity index (χ1v) is 14.0. The molecule has 0 heterocycles. The molecular formula is C29H43NO9. The smallest absolute Gasteiger partial charge is 0.480 e. The van der Waals surface area contributed by atoms with Gasteiger partial charge in [0.2, 0.25) is 0 Å². The minimum Gasteiger partial charge on any atom is -0.480 e. The zero-order valence-corrected chi connectivity index (χ0v) is 23.3. The molecule has 0 spiro atoms. The van der Waals surface area contributed by atoms with Crippen molar-refractivity contribution in [3.8, 4) is 11.5 Å². The Morgan fingerprint density at radius 3 is 2.10 bits per heavy atom. The van der Waals surface area contributed by atoms with Gasteiger partial charge in [0, 0.05) is 18.8 Å². The lowest BCUT2D eigenvalue weighted by Crippen LogP contribution is -2.40. The van der Waals surface area contributed by atoms with Crippen molar-refractivity contribution in [3.63, 3.8) is 0 Å². The van der Waals surface area contributed by atoms with E-state index in [1.807, 2.05) is 13.8 Å². The van der Waals surface area contributed by atoms with Crippen LogP contribution in [0.1, 0.15) is 103 Å². The van der Waals surface area contributed by atoms with Crippen molar-refractivity contribution in [2.45, 2.75) is 109 Å². The van der Waals surface area contributed by atoms with Crippen LogP contribution in [0.25, 0.3) is 0 Å². The first kappa shape index (κ1) is 32.1. The van der Waals surface area contributed by atoms with Crippen LogP contribution in [-0.2, 0) is 23.9 Å². The first-order valence-electron chi connectivity index (χ1n) is 14.0. The molecule has 0 radical (unpaired) electrons. The summed E-state index contributed by atoms with van der Waals surface area (Å²) in [7, 11) is 0. The Morgan fingerprint density at radius 1 is 0.949 bits per heavy atom. The molecule has 1 aromatic rings. The lowest BCUT2D eigenvalue weighted by atomic mass is 9.82. The minimum atomic E-state index is -1.35. The normalized spacial score (nSPS) is 16.0. The average Bonchev–Trinajstić information content (AvgIpc) is 2.91. The molecule has 2 rings (SSSR count). The second kappa shape index (κ2) is 16.7. The van der Waals surface area contributed by atoms with Gasteiger partial charge in [-0.3, -0.25) is 14.4 Å². The van der Waals surface area contributed by atoms with Crippen molar-refractivity contribution in [3.05, 3.63) is 23.8 Å². The fourth-order valence-electron chi connectivity index (χ4n) is 4.59. The number of hydrogen-bond acceptors (Lipinski definition) is 9. The SMILES string of the molecule is CCCCC(=O)Oc1ccc(C(C(C)COC(=O)OC2CCCCC2)[C@H](N)C(=O)O)cc1OC(=O)CCCC. The highest BCUT2D eigenvalue weighted by Gasteiger charge is 2.33. The lowest BCUT2D eigenvalue weighted by Gasteiger charge is -2.28. The van der Waals surface area contributed by atoms with Crippen LogP contribution >= 0.6 is 0 Å². The van der Waals surface area contributed by atoms with Crippen molar-refractivity contribution in [2.75, 3.05) is 6.61 Å². The van der Waals surface area contributed by atoms with Gasteiger partial charge in [0.15, 0.2) is 11.5 Å². The third-order valence-electron chi connectivity index (χ3n) is 6.83. The van der Waals surface area contributed by atoms with Crippen molar-refractivity contribution in [1.29, 1.82) is 0 Å². The summed E-state index contributed by atoms with van der Waals surface area (Å²) < 4.78 is 21.7. The molecule has 218 valence electrons. The fraction of sp³-hybridized carbons (Fsp3) is 0.655. The van der Waals surface area contributed by atoms with E-state index in [-0.39, 0.29) is 37.1 Å². The third-order valence-corrected chi connectivity index (χ3v) is 6.83. The van der Waals surface area contributed by atoms with Gasteiger partial charge in [-0.25, -0.2) is 4.79 Å². The maximum atomic E-state index is 12.4. The van der Waals surface area contributed by atoms with Gasteiger partial charge in [-0.1, -0.05) is 46.1 Å². The highest BCUT2D eigenvalue weighted by molar-refractivity contribution is 5.77. The molecule has 2 unspecified atom stereocenters. The number of aliphatic carboxylic acids is 1. The molecule has 10 heteroatoms. The maximum Gasteiger partial charge on any atom is 0.508 e. The van der Waals surface area contributed by atoms with E-state index < -0.39 is 41.9 Å². The van der Waals surface area contributed by atoms with E-state index in [4.69, 9.17) is 24.7 Å². The van der Waals surface area contributed by atoms with E-state index in [1.54, 1.807) is 13.0 Å². The summed E-state index contributed by atoms with van der Waals surface area (Å²) in [5.74, 6) is -3.49. The Balaban J connectivity index is 2.25. The van der Waals surface area contributed by atoms with Gasteiger partial charge in [-0.2, -0.15) is 0 Å². The summed E-state index contributed by atoms with van der Waals surface area (Å²) >= 11 is 0. The van der Waals surface area contributed by atoms with Crippen LogP contribution in [0.2, 0.25) is 0 Å². The van der Waals surface area contributed by atoms with Crippen molar-refractivity contribution < 1.29 is 43.2 Å². The van der Waals surface area contributed by atoms with E-state index >= 15 is 0 Å². The Kier molecular flexibility index (Phi) is 13.8. The number of ether oxygens (including phenoxy) is 4. The van der Waals surface area contributed by atoms with Crippen LogP contribution in [0.4, 0.5) is 4.79 Å². The topological polar surface area (TPSA) is 151 Å². The number of carbonyl (C=O) groups is 4. The Morgan fingerprint density at radius 2 is 1.54 bits per heavy atom. The van der Waals surface area contributed by atoms with Gasteiger partial charge in [-0.15, -0.1) is 0 Å². The number of unbranched alkanes of at least 4 members (excludes halogenated alkanes) is 2. The highest BCUT2D eigenvalue weighted by atomic mass is 16.7. The number of nitrogens with two attached hydrogens (primary N) is 1. The molecule has 0 bridgehead atoms. The number of hydrogen-bond donors (Lipinski definition) is 2. The molecule has 1 aliphatic rings. The molecule has 0 saturated heterocycles. The summed E-state index contributed by atoms with van der Waals surface area (Å²) in [6.45, 7) is 5.49. The number of esters is 2. The van der Waals surface area contributed by atoms with Gasteiger partial charge in [0.25, 0.3) is 0 Å². The zero-order valence-electron chi connectivity index (χ0n) is 23.3. The summed E-state index contributed by atoms with van der Waals surface area (Å²) in [5, 5.41) is 9.71. The molecule has 1 aromatic carbocycles. The molecule has 3 atom stereocenters. The number of carboxylic acid groups (broad SMARTS) is 1. The van der Waals surface area contributed by atoms with Crippen LogP contribution in [0, 0.1) is 5.92 Å². The molecular weight excluding hydrogens is 506 g/mol. The molecule has 39 heavy (non-hydrogen) atoms. The Hall–Kier alpha value is -3.14. The second-order valence-corrected chi connectivity index (χ2v) is 10.2. The fourth-order valence-corrected chi connectivity index (χ4v) is 4.59. The van der Waals surface area contributed by atoms with Crippen molar-refractivity contribution >= 4 is 24.1 Å². The molecule has 1 saturated carbocycles. The van der Waals surface area contributed by atoms with Gasteiger partial charge >= 0.3 is 24.1 Å². The molecule has 1 fully saturated rings. The van der Waals surface area contributed by atoms with Crippen LogP contribution in [0.15, 0.2) is 18.2 Å². The lowest BCUT2D eigenvalue weighted by molar-refractivity contribution is -0.139. The molecule has 0 aliphatic heterocycles. The summed E-state index contributed by atoms with van der Waals surface area (Å²) in [6.07, 6.45) is 7.02. The van der Waals surface area contributed by atoms with E-state index in [2.05, 4.69) is 0 Å². The Bertz CT molecular complexity index is 958. The molecule has 10 nitrogen and oxygen atoms in total. The van der Waals surface area contributed by atoms with Gasteiger partial charge in [0.1, 0.15) is 12.1 Å². The van der Waals surface area contributed by atoms with Crippen LogP contribution in [0.3, 0.4) is 0 Å². The van der Waals surface area contributed by atoms with Crippen molar-refractivity contribution in [2.24, 2.45) is 11.7 Å². The second-order valence-electron chi connectivity index (χ2n) is 10.2. The summed E-state index contributed by atoms with van der Waals surface area (Å²) in [4.78, 5) is 48.9. The standard InChI is InChI=1S/C29H43NO9/c1-4-6-13-24(31)38-22-16-15-20(17-23(22)39-25(32)14-7-5-2)26(27(30)28(33)34)19(3)18-36-29(35)37-21-11-9-8-10-12-21/h15-17,19,21,26-27H,4-14,18,30H2,1-3H3,(H,33,34)/t19?,26?,27-/m0/s1. The van der Waals surface area contributed by atoms with E-state index in [0.717, 1.165) is 44.9 Å². The first-order chi connectivity index (χ1) is 18.7. The van der Waals surface area contributed by atoms with E-state index in [1.165, 1.54) is 12.1 Å². The average molecular weight is 550 g/mol. The van der Waals surface area contributed by atoms with Crippen LogP contribution in [0.5, 0.6) is 11.5 Å².